The minimum atomic E-state index is -0.384. The summed E-state index contributed by atoms with van der Waals surface area (Å²) in [6, 6.07) is 6.15. The highest BCUT2D eigenvalue weighted by atomic mass is 16.5. The van der Waals surface area contributed by atoms with Crippen molar-refractivity contribution >= 4 is 0 Å². The topological polar surface area (TPSA) is 32.7 Å². The monoisotopic (exact) mass is 289 g/mol. The van der Waals surface area contributed by atoms with Crippen molar-refractivity contribution in [1.29, 1.82) is 0 Å². The molecule has 0 unspecified atom stereocenters. The number of benzene rings is 1. The summed E-state index contributed by atoms with van der Waals surface area (Å²) >= 11 is 0. The Kier molecular flexibility index (Phi) is 3.98. The predicted molar refractivity (Wildman–Crippen MR) is 84.6 cm³/mol. The third-order valence-corrected chi connectivity index (χ3v) is 4.81. The molecule has 0 aliphatic carbocycles. The van der Waals surface area contributed by atoms with Crippen LogP contribution in [0.25, 0.3) is 0 Å². The molecular formula is C18H27NO2. The molecule has 2 aliphatic heterocycles. The molecule has 1 atom stereocenters. The summed E-state index contributed by atoms with van der Waals surface area (Å²) in [6.45, 7) is 9.90. The van der Waals surface area contributed by atoms with Crippen molar-refractivity contribution in [3.8, 4) is 5.75 Å². The second-order valence-corrected chi connectivity index (χ2v) is 7.24. The number of rotatable bonds is 2. The lowest BCUT2D eigenvalue weighted by atomic mass is 9.81. The lowest BCUT2D eigenvalue weighted by Gasteiger charge is -2.46. The minimum Gasteiger partial charge on any atom is -0.487 e. The van der Waals surface area contributed by atoms with E-state index in [1.807, 2.05) is 6.07 Å². The van der Waals surface area contributed by atoms with Crippen LogP contribution in [0.2, 0.25) is 0 Å². The lowest BCUT2D eigenvalue weighted by Crippen LogP contribution is -2.51. The normalized spacial score (nSPS) is 24.9. The molecule has 0 aromatic heterocycles. The van der Waals surface area contributed by atoms with Gasteiger partial charge in [0.25, 0.3) is 0 Å². The average molecular weight is 289 g/mol. The smallest absolute Gasteiger partial charge is 0.125 e. The van der Waals surface area contributed by atoms with Crippen molar-refractivity contribution < 1.29 is 9.84 Å². The van der Waals surface area contributed by atoms with Gasteiger partial charge in [-0.3, -0.25) is 0 Å². The zero-order valence-electron chi connectivity index (χ0n) is 13.4. The summed E-state index contributed by atoms with van der Waals surface area (Å²) in [7, 11) is 0. The number of ether oxygens (including phenoxy) is 1. The molecule has 116 valence electrons. The molecule has 1 aromatic rings. The number of piperidine rings is 1. The summed E-state index contributed by atoms with van der Waals surface area (Å²) in [4.78, 5) is 2.52. The number of likely N-dealkylation sites (tertiary alicyclic amines) is 1. The van der Waals surface area contributed by atoms with Crippen molar-refractivity contribution in [3.05, 3.63) is 29.3 Å². The highest BCUT2D eigenvalue weighted by Gasteiger charge is 2.42. The molecule has 0 saturated carbocycles. The highest BCUT2D eigenvalue weighted by molar-refractivity contribution is 5.41. The highest BCUT2D eigenvalue weighted by Crippen LogP contribution is 2.44. The lowest BCUT2D eigenvalue weighted by molar-refractivity contribution is -0.0551. The molecule has 1 saturated heterocycles. The van der Waals surface area contributed by atoms with E-state index >= 15 is 0 Å². The molecule has 1 spiro atoms. The van der Waals surface area contributed by atoms with E-state index in [4.69, 9.17) is 4.74 Å². The molecule has 2 aliphatic rings. The van der Waals surface area contributed by atoms with Crippen LogP contribution in [0.15, 0.2) is 18.2 Å². The minimum absolute atomic E-state index is 0.158. The Bertz CT molecular complexity index is 504. The Balaban J connectivity index is 1.73. The van der Waals surface area contributed by atoms with Crippen molar-refractivity contribution in [2.45, 2.75) is 51.7 Å². The standard InChI is InChI=1S/C18H27NO2/c1-13(2)12-19-8-6-18(7-9-19)11-16(20)15-10-14(3)4-5-17(15)21-18/h4-5,10,13,16,20H,6-9,11-12H2,1-3H3/t16-/m0/s1. The number of fused-ring (bicyclic) bond motifs is 1. The first-order chi connectivity index (χ1) is 9.97. The molecule has 1 fully saturated rings. The summed E-state index contributed by atoms with van der Waals surface area (Å²) in [5.74, 6) is 1.59. The quantitative estimate of drug-likeness (QED) is 0.906. The van der Waals surface area contributed by atoms with E-state index in [2.05, 4.69) is 37.8 Å². The second kappa shape index (κ2) is 5.62. The van der Waals surface area contributed by atoms with Crippen molar-refractivity contribution in [1.82, 2.24) is 4.90 Å². The van der Waals surface area contributed by atoms with Gasteiger partial charge in [0.15, 0.2) is 0 Å². The molecule has 21 heavy (non-hydrogen) atoms. The molecule has 3 rings (SSSR count). The van der Waals surface area contributed by atoms with Crippen LogP contribution in [-0.2, 0) is 0 Å². The van der Waals surface area contributed by atoms with Crippen molar-refractivity contribution in [3.63, 3.8) is 0 Å². The Hall–Kier alpha value is -1.06. The van der Waals surface area contributed by atoms with Crippen LogP contribution in [0.3, 0.4) is 0 Å². The van der Waals surface area contributed by atoms with Gasteiger partial charge in [0.1, 0.15) is 11.4 Å². The van der Waals surface area contributed by atoms with E-state index in [9.17, 15) is 5.11 Å². The van der Waals surface area contributed by atoms with Gasteiger partial charge < -0.3 is 14.7 Å². The van der Waals surface area contributed by atoms with Crippen LogP contribution >= 0.6 is 0 Å². The third kappa shape index (κ3) is 3.09. The largest absolute Gasteiger partial charge is 0.487 e. The Morgan fingerprint density at radius 2 is 2.05 bits per heavy atom. The van der Waals surface area contributed by atoms with E-state index in [1.54, 1.807) is 0 Å². The number of nitrogens with zero attached hydrogens (tertiary/aromatic N) is 1. The van der Waals surface area contributed by atoms with E-state index in [-0.39, 0.29) is 11.7 Å². The van der Waals surface area contributed by atoms with Gasteiger partial charge in [0.2, 0.25) is 0 Å². The van der Waals surface area contributed by atoms with Crippen LogP contribution in [0.1, 0.15) is 50.3 Å². The van der Waals surface area contributed by atoms with E-state index < -0.39 is 0 Å². The van der Waals surface area contributed by atoms with Gasteiger partial charge in [-0.25, -0.2) is 0 Å². The number of aliphatic hydroxyl groups excluding tert-OH is 1. The van der Waals surface area contributed by atoms with Gasteiger partial charge in [0, 0.05) is 31.6 Å². The predicted octanol–water partition coefficient (Wildman–Crippen LogP) is 3.30. The fourth-order valence-corrected chi connectivity index (χ4v) is 3.72. The summed E-state index contributed by atoms with van der Waals surface area (Å²) in [5, 5.41) is 10.5. The fraction of sp³-hybridized carbons (Fsp3) is 0.667. The molecule has 1 N–H and O–H groups in total. The second-order valence-electron chi connectivity index (χ2n) is 7.24. The molecule has 3 heteroatoms. The van der Waals surface area contributed by atoms with Crippen LogP contribution in [0, 0.1) is 12.8 Å². The van der Waals surface area contributed by atoms with Gasteiger partial charge in [-0.2, -0.15) is 0 Å². The molecule has 0 radical (unpaired) electrons. The number of aryl methyl sites for hydroxylation is 1. The Morgan fingerprint density at radius 3 is 2.71 bits per heavy atom. The van der Waals surface area contributed by atoms with Crippen molar-refractivity contribution in [2.24, 2.45) is 5.92 Å². The number of aliphatic hydroxyl groups is 1. The zero-order chi connectivity index (χ0) is 15.0. The maximum absolute atomic E-state index is 10.5. The van der Waals surface area contributed by atoms with Crippen LogP contribution in [0.5, 0.6) is 5.75 Å². The maximum Gasteiger partial charge on any atom is 0.125 e. The fourth-order valence-electron chi connectivity index (χ4n) is 3.72. The van der Waals surface area contributed by atoms with Gasteiger partial charge in [-0.15, -0.1) is 0 Å². The third-order valence-electron chi connectivity index (χ3n) is 4.81. The SMILES string of the molecule is Cc1ccc2c(c1)[C@@H](O)CC1(CCN(CC(C)C)CC1)O2. The molecule has 2 heterocycles. The maximum atomic E-state index is 10.5. The van der Waals surface area contributed by atoms with Crippen LogP contribution in [0.4, 0.5) is 0 Å². The first kappa shape index (κ1) is 14.9. The van der Waals surface area contributed by atoms with Gasteiger partial charge in [-0.05, 0) is 37.8 Å². The van der Waals surface area contributed by atoms with Crippen molar-refractivity contribution in [2.75, 3.05) is 19.6 Å². The van der Waals surface area contributed by atoms with E-state index in [0.717, 1.165) is 50.2 Å². The van der Waals surface area contributed by atoms with Crippen LogP contribution in [-0.4, -0.2) is 35.2 Å². The summed E-state index contributed by atoms with van der Waals surface area (Å²) < 4.78 is 6.35. The van der Waals surface area contributed by atoms with E-state index in [1.165, 1.54) is 5.56 Å². The van der Waals surface area contributed by atoms with E-state index in [0.29, 0.717) is 5.92 Å². The van der Waals surface area contributed by atoms with Gasteiger partial charge in [-0.1, -0.05) is 25.5 Å². The molecule has 0 bridgehead atoms. The number of hydrogen-bond donors (Lipinski definition) is 1. The number of hydrogen-bond acceptors (Lipinski definition) is 3. The van der Waals surface area contributed by atoms with Gasteiger partial charge >= 0.3 is 0 Å². The molecule has 1 aromatic carbocycles. The molecular weight excluding hydrogens is 262 g/mol. The summed E-state index contributed by atoms with van der Waals surface area (Å²) in [5.41, 5.74) is 1.99. The van der Waals surface area contributed by atoms with Crippen LogP contribution < -0.4 is 4.74 Å². The first-order valence-electron chi connectivity index (χ1n) is 8.17. The zero-order valence-corrected chi connectivity index (χ0v) is 13.4. The molecule has 3 nitrogen and oxygen atoms in total. The first-order valence-corrected chi connectivity index (χ1v) is 8.17. The Morgan fingerprint density at radius 1 is 1.33 bits per heavy atom. The molecule has 0 amide bonds. The average Bonchev–Trinajstić information content (AvgIpc) is 2.42. The Labute approximate surface area is 127 Å². The summed E-state index contributed by atoms with van der Waals surface area (Å²) in [6.07, 6.45) is 2.39. The van der Waals surface area contributed by atoms with Gasteiger partial charge in [0.05, 0.1) is 6.10 Å².